The quantitative estimate of drug-likeness (QED) is 0.375. The van der Waals surface area contributed by atoms with Gasteiger partial charge in [0.25, 0.3) is 0 Å². The first kappa shape index (κ1) is 7.71. The molecule has 0 spiro atoms. The summed E-state index contributed by atoms with van der Waals surface area (Å²) in [6.07, 6.45) is 6.87. The number of rotatable bonds is 0. The minimum atomic E-state index is -0.00926. The van der Waals surface area contributed by atoms with Crippen molar-refractivity contribution < 1.29 is 4.79 Å². The summed E-state index contributed by atoms with van der Waals surface area (Å²) in [5.74, 6) is -0.00926. The van der Waals surface area contributed by atoms with Crippen molar-refractivity contribution in [2.45, 2.75) is 0 Å². The van der Waals surface area contributed by atoms with Gasteiger partial charge in [0.15, 0.2) is 5.78 Å². The summed E-state index contributed by atoms with van der Waals surface area (Å²) in [6.45, 7) is 0. The molecule has 58 valence electrons. The van der Waals surface area contributed by atoms with Crippen LogP contribution in [0.4, 0.5) is 0 Å². The van der Waals surface area contributed by atoms with E-state index in [2.05, 4.69) is 10.7 Å². The van der Waals surface area contributed by atoms with Gasteiger partial charge in [0, 0.05) is 6.08 Å². The van der Waals surface area contributed by atoms with Gasteiger partial charge in [0.05, 0.1) is 11.3 Å². The number of ketones is 1. The normalized spacial score (nSPS) is 19.8. The average molecular weight is 269 g/mol. The Morgan fingerprint density at radius 2 is 2.33 bits per heavy atom. The molecule has 1 heterocycles. The first-order chi connectivity index (χ1) is 5.77. The Morgan fingerprint density at radius 1 is 1.50 bits per heavy atom. The van der Waals surface area contributed by atoms with Crippen molar-refractivity contribution in [3.8, 4) is 0 Å². The number of fused-ring (bicyclic) bond motifs is 1. The van der Waals surface area contributed by atoms with Gasteiger partial charge in [0.1, 0.15) is 3.70 Å². The van der Waals surface area contributed by atoms with Crippen LogP contribution in [0.1, 0.15) is 0 Å². The van der Waals surface area contributed by atoms with Gasteiger partial charge in [-0.2, -0.15) is 0 Å². The molecule has 2 nitrogen and oxygen atoms in total. The summed E-state index contributed by atoms with van der Waals surface area (Å²) in [5, 5.41) is 0. The third kappa shape index (κ3) is 1.21. The molecule has 0 N–H and O–H groups in total. The van der Waals surface area contributed by atoms with E-state index in [0.29, 0.717) is 5.57 Å². The van der Waals surface area contributed by atoms with Crippen LogP contribution in [0.15, 0.2) is 44.3 Å². The fourth-order valence-electron chi connectivity index (χ4n) is 1.05. The molecule has 1 aliphatic heterocycles. The van der Waals surface area contributed by atoms with Crippen molar-refractivity contribution in [3.63, 3.8) is 0 Å². The van der Waals surface area contributed by atoms with Gasteiger partial charge in [-0.25, -0.2) is 4.99 Å². The first-order valence-electron chi connectivity index (χ1n) is 3.41. The Bertz CT molecular complexity index is 406. The number of nitrogens with zero attached hydrogens (tertiary/aromatic N) is 1. The van der Waals surface area contributed by atoms with E-state index in [1.807, 2.05) is 34.7 Å². The second-order valence-corrected chi connectivity index (χ2v) is 3.48. The minimum absolute atomic E-state index is 0.00926. The lowest BCUT2D eigenvalue weighted by atomic mass is 10.0. The van der Waals surface area contributed by atoms with Crippen LogP contribution in [-0.2, 0) is 4.79 Å². The highest BCUT2D eigenvalue weighted by Crippen LogP contribution is 2.19. The van der Waals surface area contributed by atoms with Crippen molar-refractivity contribution in [1.29, 1.82) is 0 Å². The molecule has 0 saturated heterocycles. The van der Waals surface area contributed by atoms with Crippen molar-refractivity contribution in [2.24, 2.45) is 4.99 Å². The molecule has 3 heteroatoms. The predicted octanol–water partition coefficient (Wildman–Crippen LogP) is 1.94. The maximum atomic E-state index is 11.3. The molecule has 0 atom stereocenters. The van der Waals surface area contributed by atoms with E-state index in [-0.39, 0.29) is 5.78 Å². The summed E-state index contributed by atoms with van der Waals surface area (Å²) >= 11 is 2.03. The second-order valence-electron chi connectivity index (χ2n) is 2.37. The average Bonchev–Trinajstić information content (AvgIpc) is 2.04. The topological polar surface area (TPSA) is 29.4 Å². The zero-order valence-corrected chi connectivity index (χ0v) is 8.20. The number of halogens is 1. The van der Waals surface area contributed by atoms with E-state index in [9.17, 15) is 4.79 Å². The highest BCUT2D eigenvalue weighted by molar-refractivity contribution is 14.1. The highest BCUT2D eigenvalue weighted by atomic mass is 127. The number of aliphatic imine (C=N–C) groups is 1. The summed E-state index contributed by atoms with van der Waals surface area (Å²) in [4.78, 5) is 15.5. The van der Waals surface area contributed by atoms with Crippen LogP contribution in [0.25, 0.3) is 0 Å². The Labute approximate surface area is 83.2 Å². The van der Waals surface area contributed by atoms with Gasteiger partial charge < -0.3 is 0 Å². The Hall–Kier alpha value is -0.930. The second kappa shape index (κ2) is 2.84. The van der Waals surface area contributed by atoms with E-state index in [0.717, 1.165) is 9.42 Å². The molecule has 0 fully saturated rings. The molecule has 2 rings (SSSR count). The van der Waals surface area contributed by atoms with Crippen LogP contribution in [0.5, 0.6) is 0 Å². The fraction of sp³-hybridized carbons (Fsp3) is 0. The molecule has 0 saturated carbocycles. The van der Waals surface area contributed by atoms with Gasteiger partial charge in [-0.1, -0.05) is 6.08 Å². The standard InChI is InChI=1S/C9H4INO/c10-9-5-8(12)6-3-1-2-4-7(6)11-9/h1-2,4-5H. The monoisotopic (exact) mass is 269 g/mol. The third-order valence-electron chi connectivity index (χ3n) is 1.56. The van der Waals surface area contributed by atoms with Gasteiger partial charge in [-0.05, 0) is 34.7 Å². The Morgan fingerprint density at radius 3 is 3.17 bits per heavy atom. The first-order valence-corrected chi connectivity index (χ1v) is 4.49. The van der Waals surface area contributed by atoms with Crippen molar-refractivity contribution >= 4 is 34.1 Å². The Balaban J connectivity index is 2.62. The van der Waals surface area contributed by atoms with Crippen LogP contribution >= 0.6 is 22.6 Å². The molecule has 1 aliphatic carbocycles. The molecule has 12 heavy (non-hydrogen) atoms. The smallest absolute Gasteiger partial charge is 0.198 e. The van der Waals surface area contributed by atoms with Gasteiger partial charge in [-0.15, -0.1) is 5.73 Å². The molecular formula is C9H4INO. The molecule has 0 amide bonds. The van der Waals surface area contributed by atoms with E-state index in [1.54, 1.807) is 6.08 Å². The van der Waals surface area contributed by atoms with E-state index < -0.39 is 0 Å². The van der Waals surface area contributed by atoms with Crippen molar-refractivity contribution in [1.82, 2.24) is 0 Å². The molecular weight excluding hydrogens is 265 g/mol. The van der Waals surface area contributed by atoms with Crippen LogP contribution in [-0.4, -0.2) is 11.5 Å². The molecule has 2 aliphatic rings. The predicted molar refractivity (Wildman–Crippen MR) is 55.3 cm³/mol. The molecule has 0 bridgehead atoms. The van der Waals surface area contributed by atoms with Crippen LogP contribution in [0.3, 0.4) is 0 Å². The van der Waals surface area contributed by atoms with Crippen LogP contribution in [0, 0.1) is 0 Å². The van der Waals surface area contributed by atoms with Gasteiger partial charge in [0.2, 0.25) is 0 Å². The minimum Gasteiger partial charge on any atom is -0.288 e. The summed E-state index contributed by atoms with van der Waals surface area (Å²) in [6, 6.07) is 0. The largest absolute Gasteiger partial charge is 0.288 e. The van der Waals surface area contributed by atoms with Crippen LogP contribution < -0.4 is 0 Å². The zero-order chi connectivity index (χ0) is 8.55. The maximum absolute atomic E-state index is 11.3. The van der Waals surface area contributed by atoms with Crippen molar-refractivity contribution in [2.75, 3.05) is 0 Å². The number of hydrogen-bond acceptors (Lipinski definition) is 2. The van der Waals surface area contributed by atoms with Gasteiger partial charge in [-0.3, -0.25) is 4.79 Å². The molecule has 0 unspecified atom stereocenters. The number of carbonyl (C=O) groups is 1. The lowest BCUT2D eigenvalue weighted by Gasteiger charge is -2.08. The highest BCUT2D eigenvalue weighted by Gasteiger charge is 2.17. The van der Waals surface area contributed by atoms with Crippen LogP contribution in [0.2, 0.25) is 0 Å². The Kier molecular flexibility index (Phi) is 1.83. The molecule has 0 radical (unpaired) electrons. The van der Waals surface area contributed by atoms with Gasteiger partial charge >= 0.3 is 0 Å². The lowest BCUT2D eigenvalue weighted by Crippen LogP contribution is -2.13. The molecule has 0 aromatic heterocycles. The number of carbonyl (C=O) groups excluding carboxylic acids is 1. The zero-order valence-electron chi connectivity index (χ0n) is 6.04. The lowest BCUT2D eigenvalue weighted by molar-refractivity contribution is -0.110. The van der Waals surface area contributed by atoms with E-state index in [1.165, 1.54) is 6.08 Å². The summed E-state index contributed by atoms with van der Waals surface area (Å²) < 4.78 is 0.727. The molecule has 0 aromatic rings. The summed E-state index contributed by atoms with van der Waals surface area (Å²) in [5.41, 5.74) is 4.15. The van der Waals surface area contributed by atoms with E-state index >= 15 is 0 Å². The number of hydrogen-bond donors (Lipinski definition) is 0. The fourth-order valence-corrected chi connectivity index (χ4v) is 1.59. The van der Waals surface area contributed by atoms with Crippen molar-refractivity contribution in [3.05, 3.63) is 39.3 Å². The molecule has 0 aromatic carbocycles. The SMILES string of the molecule is O=C1C=C(I)N=C2C=CC=C=C12. The maximum Gasteiger partial charge on any atom is 0.198 e. The third-order valence-corrected chi connectivity index (χ3v) is 2.11. The number of allylic oxidation sites excluding steroid dienone is 4. The van der Waals surface area contributed by atoms with E-state index in [4.69, 9.17) is 0 Å². The summed E-state index contributed by atoms with van der Waals surface area (Å²) in [7, 11) is 0.